The van der Waals surface area contributed by atoms with Crippen LogP contribution in [0.25, 0.3) is 82.5 Å². The summed E-state index contributed by atoms with van der Waals surface area (Å²) in [6.07, 6.45) is 0. The summed E-state index contributed by atoms with van der Waals surface area (Å²) in [5.74, 6) is 1.59. The first-order valence-electron chi connectivity index (χ1n) is 28.8. The molecule has 0 saturated heterocycles. The normalized spacial score (nSPS) is 15.0. The van der Waals surface area contributed by atoms with E-state index in [1.54, 1.807) is 0 Å². The van der Waals surface area contributed by atoms with Crippen molar-refractivity contribution < 1.29 is 10.4 Å². The summed E-state index contributed by atoms with van der Waals surface area (Å²) in [4.78, 5) is 4.80. The Labute approximate surface area is 520 Å². The fourth-order valence-electron chi connectivity index (χ4n) is 14.9. The average molecular weight is 1400 g/mol. The average Bonchev–Trinajstić information content (AvgIpc) is 1.62. The van der Waals surface area contributed by atoms with Crippen LogP contribution in [0.4, 0.5) is 34.1 Å². The zero-order valence-electron chi connectivity index (χ0n) is 46.4. The van der Waals surface area contributed by atoms with E-state index in [-0.39, 0.29) is 31.6 Å². The van der Waals surface area contributed by atoms with Gasteiger partial charge in [0.05, 0.1) is 0 Å². The molecule has 15 aromatic rings. The number of hydrogen-bond acceptors (Lipinski definition) is 5. The zero-order chi connectivity index (χ0) is 58.0. The maximum absolute atomic E-state index is 8.45. The quantitative estimate of drug-likeness (QED) is 0.0976. The van der Waals surface area contributed by atoms with Crippen LogP contribution in [0.2, 0.25) is 20.1 Å². The van der Waals surface area contributed by atoms with E-state index in [2.05, 4.69) is 268 Å². The molecule has 19 rings (SSSR count). The molecule has 87 heavy (non-hydrogen) atoms. The van der Waals surface area contributed by atoms with Crippen LogP contribution in [0.3, 0.4) is 0 Å². The Morgan fingerprint density at radius 2 is 0.575 bits per heavy atom. The number of halogens is 4. The number of para-hydroxylation sites is 6. The number of nitrogens with zero attached hydrogens (tertiary/aromatic N) is 5. The van der Waals surface area contributed by atoms with Gasteiger partial charge in [-0.25, -0.2) is 0 Å². The van der Waals surface area contributed by atoms with E-state index in [0.717, 1.165) is 138 Å². The third-order valence-electron chi connectivity index (χ3n) is 18.3. The van der Waals surface area contributed by atoms with Crippen LogP contribution >= 0.6 is 46.4 Å². The van der Waals surface area contributed by atoms with Gasteiger partial charge in [-0.1, -0.05) is 0 Å². The molecule has 3 aromatic heterocycles. The number of fused-ring (bicyclic) bond motifs is 10. The Bertz CT molecular complexity index is 5190. The van der Waals surface area contributed by atoms with E-state index in [4.69, 9.17) is 56.8 Å². The molecule has 8 nitrogen and oxygen atoms in total. The van der Waals surface area contributed by atoms with Crippen LogP contribution in [0.15, 0.2) is 231 Å². The number of anilines is 6. The summed E-state index contributed by atoms with van der Waals surface area (Å²) in [5, 5.41) is 7.13. The van der Waals surface area contributed by atoms with Crippen molar-refractivity contribution in [2.45, 2.75) is 13.8 Å². The Morgan fingerprint density at radius 1 is 0.299 bits per heavy atom. The predicted molar refractivity (Wildman–Crippen MR) is 361 cm³/mol. The van der Waals surface area contributed by atoms with Crippen LogP contribution < -0.4 is 30.0 Å². The molecular formula is C74H44BiCl4N5O3. The third kappa shape index (κ3) is 6.38. The molecule has 0 bridgehead atoms. The standard InChI is InChI=1S/C68H44N5O.C6H2Cl4O2.Bi/c1-44-27-31-46(32-28-44)69-48-35-49(37-50(36-48)71-63-21-9-3-15-57(63)58-16-4-10-22-64(58)71)70(47-33-29-45(2)30-34-47)52-39-54(73-67-25-13-7-19-61(67)62-20-8-14-26-68(62)73)43-56(41-52)74-55-40-51(69)38-53(42-55)72-65-23-11-5-17-59(65)60-18-6-12-24-66(60)72;7-1-2(8)4(10)6(12)5(11)3(1)9;/h3-34,36-39,42-43H,1-2H3;11-12H;/q;;+2/p-2. The summed E-state index contributed by atoms with van der Waals surface area (Å²) < 4.78 is 34.4. The van der Waals surface area contributed by atoms with E-state index < -0.39 is 19.7 Å². The molecule has 4 aliphatic rings. The zero-order valence-corrected chi connectivity index (χ0v) is 52.9. The van der Waals surface area contributed by atoms with E-state index >= 15 is 0 Å². The van der Waals surface area contributed by atoms with Crippen molar-refractivity contribution in [1.29, 1.82) is 0 Å². The number of benzene rings is 12. The second-order valence-corrected chi connectivity index (χ2v) is 38.7. The molecular weight excluding hydrogens is 1360 g/mol. The fraction of sp³-hybridized carbons (Fsp3) is 0.0270. The van der Waals surface area contributed by atoms with Gasteiger partial charge in [0, 0.05) is 0 Å². The van der Waals surface area contributed by atoms with Gasteiger partial charge in [0.2, 0.25) is 0 Å². The van der Waals surface area contributed by atoms with Crippen molar-refractivity contribution in [3.8, 4) is 40.1 Å². The summed E-state index contributed by atoms with van der Waals surface area (Å²) >= 11 is 22.7. The summed E-state index contributed by atoms with van der Waals surface area (Å²) in [5.41, 5.74) is 16.3. The fourth-order valence-corrected chi connectivity index (χ4v) is 38.1. The Hall–Kier alpha value is -8.92. The predicted octanol–water partition coefficient (Wildman–Crippen LogP) is 19.8. The minimum absolute atomic E-state index is 0.0695. The second-order valence-electron chi connectivity index (χ2n) is 23.1. The molecule has 0 unspecified atom stereocenters. The van der Waals surface area contributed by atoms with Crippen LogP contribution in [0.5, 0.6) is 23.0 Å². The van der Waals surface area contributed by atoms with Crippen molar-refractivity contribution in [2.75, 3.05) is 9.80 Å². The molecule has 0 saturated carbocycles. The molecule has 416 valence electrons. The van der Waals surface area contributed by atoms with Gasteiger partial charge in [-0.2, -0.15) is 0 Å². The molecule has 13 heteroatoms. The molecule has 0 atom stereocenters. The first-order valence-corrected chi connectivity index (χ1v) is 38.3. The Kier molecular flexibility index (Phi) is 10.2. The van der Waals surface area contributed by atoms with Gasteiger partial charge in [-0.05, 0) is 0 Å². The van der Waals surface area contributed by atoms with Crippen molar-refractivity contribution in [2.24, 2.45) is 0 Å². The van der Waals surface area contributed by atoms with Gasteiger partial charge < -0.3 is 0 Å². The van der Waals surface area contributed by atoms with Crippen LogP contribution in [-0.4, -0.2) is 33.4 Å². The van der Waals surface area contributed by atoms with E-state index in [1.807, 2.05) is 0 Å². The Morgan fingerprint density at radius 3 is 0.885 bits per heavy atom. The molecule has 7 heterocycles. The monoisotopic (exact) mass is 1400 g/mol. The van der Waals surface area contributed by atoms with Gasteiger partial charge in [-0.3, -0.25) is 0 Å². The van der Waals surface area contributed by atoms with Gasteiger partial charge in [0.15, 0.2) is 0 Å². The molecule has 0 fully saturated rings. The number of aromatic nitrogens is 3. The summed E-state index contributed by atoms with van der Waals surface area (Å²) in [6, 6.07) is 82.8. The molecule has 0 N–H and O–H groups in total. The Balaban J connectivity index is 1.06. The molecule has 12 aromatic carbocycles. The van der Waals surface area contributed by atoms with Crippen molar-refractivity contribution in [1.82, 2.24) is 13.7 Å². The topological polar surface area (TPSA) is 49.0 Å². The molecule has 0 amide bonds. The molecule has 4 aliphatic heterocycles. The van der Waals surface area contributed by atoms with Gasteiger partial charge in [-0.15, -0.1) is 0 Å². The maximum atomic E-state index is 8.45. The van der Waals surface area contributed by atoms with Gasteiger partial charge in [0.25, 0.3) is 0 Å². The van der Waals surface area contributed by atoms with Crippen molar-refractivity contribution in [3.05, 3.63) is 262 Å². The minimum atomic E-state index is -6.97. The summed E-state index contributed by atoms with van der Waals surface area (Å²) in [6.45, 7) is 4.24. The number of rotatable bonds is 5. The van der Waals surface area contributed by atoms with Crippen LogP contribution in [-0.2, 0) is 0 Å². The van der Waals surface area contributed by atoms with E-state index in [0.29, 0.717) is 11.5 Å². The van der Waals surface area contributed by atoms with Gasteiger partial charge in [0.1, 0.15) is 0 Å². The van der Waals surface area contributed by atoms with Crippen molar-refractivity contribution >= 4 is 175 Å². The second kappa shape index (κ2) is 17.6. The molecule has 0 aliphatic carbocycles. The first-order chi connectivity index (χ1) is 42.6. The number of ether oxygens (including phenoxy) is 1. The van der Waals surface area contributed by atoms with Crippen LogP contribution in [0, 0.1) is 13.8 Å². The first kappa shape index (κ1) is 50.3. The number of hydrogen-bond donors (Lipinski definition) is 0. The third-order valence-corrected chi connectivity index (χ3v) is 39.0. The molecule has 0 radical (unpaired) electrons. The van der Waals surface area contributed by atoms with Crippen molar-refractivity contribution in [3.63, 3.8) is 0 Å². The number of aryl methyl sites for hydroxylation is 2. The van der Waals surface area contributed by atoms with Gasteiger partial charge >= 0.3 is 525 Å². The molecule has 1 spiro atoms. The summed E-state index contributed by atoms with van der Waals surface area (Å²) in [7, 11) is 0. The SMILES string of the molecule is Cc1ccc(N2c3cc(-n4c5ccccc5c5ccccc54)cc4[c]3[Bi]35([O]c6c(Cl)c(Cl)c(Cl)c(Cl)c6[O]3)[c]3c(cc(-n6c7ccccc7c7ccccc76)cc3N(c3ccc(C)cc3)c3cc(-n6c7ccccc7c7ccccc76)cc2[c]35)O4)cc1. The van der Waals surface area contributed by atoms with E-state index in [1.165, 1.54) is 0 Å². The van der Waals surface area contributed by atoms with Crippen LogP contribution in [0.1, 0.15) is 11.1 Å². The van der Waals surface area contributed by atoms with E-state index in [9.17, 15) is 0 Å².